The summed E-state index contributed by atoms with van der Waals surface area (Å²) in [7, 11) is 1.25. The Morgan fingerprint density at radius 3 is 2.35 bits per heavy atom. The second-order valence-corrected chi connectivity index (χ2v) is 5.59. The Labute approximate surface area is 150 Å². The van der Waals surface area contributed by atoms with Gasteiger partial charge in [-0.15, -0.1) is 0 Å². The van der Waals surface area contributed by atoms with Crippen molar-refractivity contribution in [3.05, 3.63) is 65.2 Å². The standard InChI is InChI=1S/C19H20F2N2O3/c1-3-23(11-14-15(20)8-6-9-16(14)21)12-18(24)22-17-10-5-4-7-13(17)19(25)26-2/h4-10H,3,11-12H2,1-2H3,(H,22,24). The van der Waals surface area contributed by atoms with Crippen molar-refractivity contribution in [1.82, 2.24) is 4.90 Å². The molecule has 2 aromatic rings. The van der Waals surface area contributed by atoms with Crippen LogP contribution in [0.4, 0.5) is 14.5 Å². The number of methoxy groups -OCH3 is 1. The lowest BCUT2D eigenvalue weighted by Gasteiger charge is -2.21. The first kappa shape index (κ1) is 19.5. The Balaban J connectivity index is 2.08. The summed E-state index contributed by atoms with van der Waals surface area (Å²) in [6.07, 6.45) is 0. The van der Waals surface area contributed by atoms with E-state index in [-0.39, 0.29) is 24.2 Å². The highest BCUT2D eigenvalue weighted by atomic mass is 19.1. The minimum Gasteiger partial charge on any atom is -0.465 e. The number of esters is 1. The quantitative estimate of drug-likeness (QED) is 0.769. The van der Waals surface area contributed by atoms with E-state index in [2.05, 4.69) is 10.1 Å². The summed E-state index contributed by atoms with van der Waals surface area (Å²) >= 11 is 0. The van der Waals surface area contributed by atoms with Gasteiger partial charge in [-0.2, -0.15) is 0 Å². The molecule has 7 heteroatoms. The van der Waals surface area contributed by atoms with Gasteiger partial charge in [-0.3, -0.25) is 9.69 Å². The molecule has 0 fully saturated rings. The number of nitrogens with zero attached hydrogens (tertiary/aromatic N) is 1. The minimum absolute atomic E-state index is 0.0406. The molecule has 0 heterocycles. The second kappa shape index (κ2) is 9.05. The van der Waals surface area contributed by atoms with Gasteiger partial charge >= 0.3 is 5.97 Å². The topological polar surface area (TPSA) is 58.6 Å². The van der Waals surface area contributed by atoms with Crippen molar-refractivity contribution in [2.24, 2.45) is 0 Å². The van der Waals surface area contributed by atoms with E-state index in [9.17, 15) is 18.4 Å². The van der Waals surface area contributed by atoms with Gasteiger partial charge in [0.15, 0.2) is 0 Å². The summed E-state index contributed by atoms with van der Waals surface area (Å²) in [5, 5.41) is 2.64. The molecule has 0 bridgehead atoms. The number of carbonyl (C=O) groups is 2. The molecule has 138 valence electrons. The summed E-state index contributed by atoms with van der Waals surface area (Å²) < 4.78 is 32.3. The minimum atomic E-state index is -0.653. The molecule has 1 N–H and O–H groups in total. The van der Waals surface area contributed by atoms with Crippen LogP contribution in [0.15, 0.2) is 42.5 Å². The van der Waals surface area contributed by atoms with Gasteiger partial charge in [-0.05, 0) is 30.8 Å². The zero-order valence-electron chi connectivity index (χ0n) is 14.6. The predicted octanol–water partition coefficient (Wildman–Crippen LogP) is 3.21. The number of anilines is 1. The molecule has 2 rings (SSSR count). The fourth-order valence-electron chi connectivity index (χ4n) is 2.46. The van der Waals surface area contributed by atoms with Gasteiger partial charge in [-0.1, -0.05) is 25.1 Å². The van der Waals surface area contributed by atoms with Crippen LogP contribution in [0.25, 0.3) is 0 Å². The van der Waals surface area contributed by atoms with Crippen molar-refractivity contribution >= 4 is 17.6 Å². The van der Waals surface area contributed by atoms with Gasteiger partial charge in [0.05, 0.1) is 24.9 Å². The first-order valence-electron chi connectivity index (χ1n) is 8.08. The van der Waals surface area contributed by atoms with Crippen molar-refractivity contribution in [3.63, 3.8) is 0 Å². The lowest BCUT2D eigenvalue weighted by molar-refractivity contribution is -0.117. The molecule has 2 aromatic carbocycles. The highest BCUT2D eigenvalue weighted by Crippen LogP contribution is 2.17. The van der Waals surface area contributed by atoms with Gasteiger partial charge in [0.1, 0.15) is 11.6 Å². The number of carbonyl (C=O) groups excluding carboxylic acids is 2. The van der Waals surface area contributed by atoms with Crippen LogP contribution in [-0.4, -0.2) is 37.0 Å². The maximum atomic E-state index is 13.8. The van der Waals surface area contributed by atoms with Crippen molar-refractivity contribution in [2.75, 3.05) is 25.5 Å². The van der Waals surface area contributed by atoms with Crippen LogP contribution in [-0.2, 0) is 16.1 Å². The number of ether oxygens (including phenoxy) is 1. The molecule has 0 aliphatic rings. The van der Waals surface area contributed by atoms with Gasteiger partial charge < -0.3 is 10.1 Å². The van der Waals surface area contributed by atoms with Crippen LogP contribution in [0, 0.1) is 11.6 Å². The van der Waals surface area contributed by atoms with Crippen molar-refractivity contribution in [1.29, 1.82) is 0 Å². The van der Waals surface area contributed by atoms with E-state index in [1.165, 1.54) is 31.4 Å². The normalized spacial score (nSPS) is 10.7. The third-order valence-electron chi connectivity index (χ3n) is 3.86. The number of benzene rings is 2. The molecule has 0 aliphatic heterocycles. The third kappa shape index (κ3) is 4.86. The van der Waals surface area contributed by atoms with Crippen molar-refractivity contribution in [2.45, 2.75) is 13.5 Å². The number of amides is 1. The zero-order chi connectivity index (χ0) is 19.1. The van der Waals surface area contributed by atoms with E-state index >= 15 is 0 Å². The van der Waals surface area contributed by atoms with E-state index in [0.29, 0.717) is 12.2 Å². The number of likely N-dealkylation sites (N-methyl/N-ethyl adjacent to an activating group) is 1. The number of nitrogens with one attached hydrogen (secondary N) is 1. The number of rotatable bonds is 7. The zero-order valence-corrected chi connectivity index (χ0v) is 14.6. The lowest BCUT2D eigenvalue weighted by Crippen LogP contribution is -2.33. The van der Waals surface area contributed by atoms with Gasteiger partial charge in [0.2, 0.25) is 5.91 Å². The summed E-state index contributed by atoms with van der Waals surface area (Å²) in [5.41, 5.74) is 0.459. The molecule has 0 spiro atoms. The smallest absolute Gasteiger partial charge is 0.339 e. The molecule has 5 nitrogen and oxygen atoms in total. The third-order valence-corrected chi connectivity index (χ3v) is 3.86. The number of para-hydroxylation sites is 1. The first-order chi connectivity index (χ1) is 12.5. The molecular weight excluding hydrogens is 342 g/mol. The largest absolute Gasteiger partial charge is 0.465 e. The summed E-state index contributed by atoms with van der Waals surface area (Å²) in [4.78, 5) is 25.7. The highest BCUT2D eigenvalue weighted by Gasteiger charge is 2.17. The van der Waals surface area contributed by atoms with Gasteiger partial charge in [0.25, 0.3) is 0 Å². The Morgan fingerprint density at radius 1 is 1.08 bits per heavy atom. The molecule has 0 atom stereocenters. The maximum Gasteiger partial charge on any atom is 0.339 e. The second-order valence-electron chi connectivity index (χ2n) is 5.59. The summed E-state index contributed by atoms with van der Waals surface area (Å²) in [5.74, 6) is -2.28. The van der Waals surface area contributed by atoms with Crippen LogP contribution in [0.5, 0.6) is 0 Å². The van der Waals surface area contributed by atoms with E-state index in [1.54, 1.807) is 30.0 Å². The Morgan fingerprint density at radius 2 is 1.73 bits per heavy atom. The molecule has 0 unspecified atom stereocenters. The number of hydrogen-bond acceptors (Lipinski definition) is 4. The summed E-state index contributed by atoms with van der Waals surface area (Å²) in [6.45, 7) is 2.08. The van der Waals surface area contributed by atoms with E-state index < -0.39 is 23.5 Å². The van der Waals surface area contributed by atoms with E-state index in [1.807, 2.05) is 0 Å². The van der Waals surface area contributed by atoms with E-state index in [4.69, 9.17) is 0 Å². The number of halogens is 2. The Hall–Kier alpha value is -2.80. The van der Waals surface area contributed by atoms with E-state index in [0.717, 1.165) is 0 Å². The van der Waals surface area contributed by atoms with Crippen LogP contribution >= 0.6 is 0 Å². The molecular formula is C19H20F2N2O3. The number of hydrogen-bond donors (Lipinski definition) is 1. The van der Waals surface area contributed by atoms with Gasteiger partial charge in [-0.25, -0.2) is 13.6 Å². The fourth-order valence-corrected chi connectivity index (χ4v) is 2.46. The molecule has 0 radical (unpaired) electrons. The Bertz CT molecular complexity index is 776. The summed E-state index contributed by atoms with van der Waals surface area (Å²) in [6, 6.07) is 10.1. The molecule has 0 saturated heterocycles. The molecule has 0 aromatic heterocycles. The Kier molecular flexibility index (Phi) is 6.80. The van der Waals surface area contributed by atoms with Crippen LogP contribution in [0.3, 0.4) is 0 Å². The average molecular weight is 362 g/mol. The van der Waals surface area contributed by atoms with Crippen LogP contribution in [0.2, 0.25) is 0 Å². The molecule has 1 amide bonds. The van der Waals surface area contributed by atoms with Crippen LogP contribution < -0.4 is 5.32 Å². The average Bonchev–Trinajstić information content (AvgIpc) is 2.63. The maximum absolute atomic E-state index is 13.8. The molecule has 0 saturated carbocycles. The van der Waals surface area contributed by atoms with Crippen molar-refractivity contribution < 1.29 is 23.1 Å². The predicted molar refractivity (Wildman–Crippen MR) is 93.7 cm³/mol. The first-order valence-corrected chi connectivity index (χ1v) is 8.08. The fraction of sp³-hybridized carbons (Fsp3) is 0.263. The molecule has 26 heavy (non-hydrogen) atoms. The van der Waals surface area contributed by atoms with Crippen LogP contribution in [0.1, 0.15) is 22.8 Å². The lowest BCUT2D eigenvalue weighted by atomic mass is 10.1. The molecule has 0 aliphatic carbocycles. The SMILES string of the molecule is CCN(CC(=O)Nc1ccccc1C(=O)OC)Cc1c(F)cccc1F. The highest BCUT2D eigenvalue weighted by molar-refractivity contribution is 6.01. The monoisotopic (exact) mass is 362 g/mol. The van der Waals surface area contributed by atoms with Crippen molar-refractivity contribution in [3.8, 4) is 0 Å². The van der Waals surface area contributed by atoms with Gasteiger partial charge in [0, 0.05) is 12.1 Å².